The van der Waals surface area contributed by atoms with Crippen LogP contribution in [0.4, 0.5) is 14.6 Å². The Hall–Kier alpha value is -1.15. The van der Waals surface area contributed by atoms with E-state index in [-0.39, 0.29) is 0 Å². The molecule has 84 valence electrons. The molecule has 0 radical (unpaired) electrons. The number of halogens is 3. The molecule has 5 nitrogen and oxygen atoms in total. The van der Waals surface area contributed by atoms with Crippen molar-refractivity contribution in [2.45, 2.75) is 11.3 Å². The summed E-state index contributed by atoms with van der Waals surface area (Å²) in [7, 11) is 0.553. The van der Waals surface area contributed by atoms with E-state index < -0.39 is 37.6 Å². The number of hydrogen-bond acceptors (Lipinski definition) is 5. The Morgan fingerprint density at radius 3 is 2.47 bits per heavy atom. The van der Waals surface area contributed by atoms with Crippen molar-refractivity contribution >= 4 is 25.6 Å². The average molecular weight is 259 g/mol. The van der Waals surface area contributed by atoms with Crippen LogP contribution in [0.5, 0.6) is 5.75 Å². The molecule has 1 heterocycles. The van der Waals surface area contributed by atoms with Gasteiger partial charge in [-0.15, -0.1) is 0 Å². The largest absolute Gasteiger partial charge is 0.503 e. The van der Waals surface area contributed by atoms with E-state index in [0.717, 1.165) is 0 Å². The summed E-state index contributed by atoms with van der Waals surface area (Å²) in [6.07, 6.45) is -3.01. The molecule has 0 fully saturated rings. The lowest BCUT2D eigenvalue weighted by Crippen LogP contribution is -2.02. The maximum Gasteiger partial charge on any atom is 0.280 e. The molecule has 0 spiro atoms. The number of nitrogen functional groups attached to an aromatic ring is 1. The van der Waals surface area contributed by atoms with Gasteiger partial charge in [-0.2, -0.15) is 0 Å². The summed E-state index contributed by atoms with van der Waals surface area (Å²) >= 11 is 0. The predicted molar refractivity (Wildman–Crippen MR) is 48.3 cm³/mol. The van der Waals surface area contributed by atoms with Crippen LogP contribution in [0.15, 0.2) is 11.0 Å². The number of hydrogen-bond donors (Lipinski definition) is 2. The third kappa shape index (κ3) is 2.45. The summed E-state index contributed by atoms with van der Waals surface area (Å²) in [4.78, 5) is 2.22. The number of pyridine rings is 1. The minimum Gasteiger partial charge on any atom is -0.503 e. The fraction of sp³-hybridized carbons (Fsp3) is 0.167. The molecule has 3 N–H and O–H groups in total. The Morgan fingerprint density at radius 1 is 1.53 bits per heavy atom. The van der Waals surface area contributed by atoms with Crippen LogP contribution in [0.3, 0.4) is 0 Å². The van der Waals surface area contributed by atoms with E-state index in [9.17, 15) is 17.2 Å². The Labute approximate surface area is 87.9 Å². The lowest BCUT2D eigenvalue weighted by Gasteiger charge is -2.06. The van der Waals surface area contributed by atoms with E-state index in [2.05, 4.69) is 4.98 Å². The highest BCUT2D eigenvalue weighted by Gasteiger charge is 2.22. The van der Waals surface area contributed by atoms with Crippen LogP contribution in [0.1, 0.15) is 12.1 Å². The van der Waals surface area contributed by atoms with E-state index in [0.29, 0.717) is 6.07 Å². The highest BCUT2D eigenvalue weighted by atomic mass is 35.7. The lowest BCUT2D eigenvalue weighted by molar-refractivity contribution is 0.146. The molecule has 0 unspecified atom stereocenters. The standard InChI is InChI=1S/C6H5ClF2N2O3S/c7-15(13,14)3-1-2(5(8)9)11-6(10)4(3)12/h1,5,12H,(H2,10,11). The average Bonchev–Trinajstić information content (AvgIpc) is 2.06. The molecule has 15 heavy (non-hydrogen) atoms. The Morgan fingerprint density at radius 2 is 2.07 bits per heavy atom. The first-order valence-electron chi connectivity index (χ1n) is 3.45. The van der Waals surface area contributed by atoms with Crippen LogP contribution >= 0.6 is 10.7 Å². The van der Waals surface area contributed by atoms with Crippen molar-refractivity contribution in [1.82, 2.24) is 4.98 Å². The SMILES string of the molecule is Nc1nc(C(F)F)cc(S(=O)(=O)Cl)c1O. The minimum atomic E-state index is -4.34. The summed E-state index contributed by atoms with van der Waals surface area (Å²) in [6.45, 7) is 0. The monoisotopic (exact) mass is 258 g/mol. The first kappa shape index (κ1) is 11.9. The highest BCUT2D eigenvalue weighted by Crippen LogP contribution is 2.33. The second-order valence-electron chi connectivity index (χ2n) is 2.52. The molecule has 0 atom stereocenters. The molecule has 1 aromatic rings. The summed E-state index contributed by atoms with van der Waals surface area (Å²) in [5.74, 6) is -1.65. The van der Waals surface area contributed by atoms with Crippen LogP contribution in [0.25, 0.3) is 0 Å². The maximum absolute atomic E-state index is 12.2. The second kappa shape index (κ2) is 3.78. The van der Waals surface area contributed by atoms with Gasteiger partial charge in [0.05, 0.1) is 0 Å². The molecule has 0 aromatic carbocycles. The number of alkyl halides is 2. The molecule has 1 aromatic heterocycles. The van der Waals surface area contributed by atoms with Gasteiger partial charge in [0.2, 0.25) is 0 Å². The van der Waals surface area contributed by atoms with E-state index in [1.807, 2.05) is 0 Å². The first-order valence-corrected chi connectivity index (χ1v) is 5.76. The van der Waals surface area contributed by atoms with Gasteiger partial charge in [0, 0.05) is 10.7 Å². The summed E-state index contributed by atoms with van der Waals surface area (Å²) in [5.41, 5.74) is 4.17. The number of nitrogens with zero attached hydrogens (tertiary/aromatic N) is 1. The molecule has 0 amide bonds. The molecule has 0 saturated carbocycles. The number of aromatic hydroxyl groups is 1. The predicted octanol–water partition coefficient (Wildman–Crippen LogP) is 1.23. The van der Waals surface area contributed by atoms with E-state index in [1.165, 1.54) is 0 Å². The van der Waals surface area contributed by atoms with Gasteiger partial charge < -0.3 is 10.8 Å². The Balaban J connectivity index is 3.52. The molecule has 9 heteroatoms. The van der Waals surface area contributed by atoms with Crippen molar-refractivity contribution in [3.63, 3.8) is 0 Å². The molecule has 1 rings (SSSR count). The van der Waals surface area contributed by atoms with E-state index >= 15 is 0 Å². The van der Waals surface area contributed by atoms with Gasteiger partial charge in [0.15, 0.2) is 11.6 Å². The van der Waals surface area contributed by atoms with Gasteiger partial charge in [-0.05, 0) is 6.07 Å². The van der Waals surface area contributed by atoms with Gasteiger partial charge in [-0.1, -0.05) is 0 Å². The smallest absolute Gasteiger partial charge is 0.280 e. The molecule has 0 aliphatic heterocycles. The quantitative estimate of drug-likeness (QED) is 0.779. The van der Waals surface area contributed by atoms with E-state index in [4.69, 9.17) is 21.5 Å². The number of nitrogens with two attached hydrogens (primary N) is 1. The third-order valence-corrected chi connectivity index (χ3v) is 2.83. The lowest BCUT2D eigenvalue weighted by atomic mass is 10.3. The van der Waals surface area contributed by atoms with Crippen molar-refractivity contribution in [3.05, 3.63) is 11.8 Å². The topological polar surface area (TPSA) is 93.3 Å². The van der Waals surface area contributed by atoms with Crippen molar-refractivity contribution in [2.75, 3.05) is 5.73 Å². The summed E-state index contributed by atoms with van der Waals surface area (Å²) in [6, 6.07) is 0.471. The maximum atomic E-state index is 12.2. The normalized spacial score (nSPS) is 12.0. The molecule has 0 aliphatic rings. The van der Waals surface area contributed by atoms with Crippen LogP contribution in [-0.4, -0.2) is 18.5 Å². The zero-order valence-corrected chi connectivity index (χ0v) is 8.56. The zero-order valence-electron chi connectivity index (χ0n) is 6.99. The van der Waals surface area contributed by atoms with Crippen molar-refractivity contribution < 1.29 is 22.3 Å². The second-order valence-corrected chi connectivity index (χ2v) is 5.05. The fourth-order valence-electron chi connectivity index (χ4n) is 0.851. The van der Waals surface area contributed by atoms with E-state index in [1.54, 1.807) is 0 Å². The summed E-state index contributed by atoms with van der Waals surface area (Å²) < 4.78 is 46.1. The summed E-state index contributed by atoms with van der Waals surface area (Å²) in [5, 5.41) is 9.14. The van der Waals surface area contributed by atoms with Gasteiger partial charge in [-0.25, -0.2) is 22.2 Å². The van der Waals surface area contributed by atoms with Gasteiger partial charge >= 0.3 is 0 Å². The molecule has 0 aliphatic carbocycles. The van der Waals surface area contributed by atoms with Crippen molar-refractivity contribution in [3.8, 4) is 5.75 Å². The minimum absolute atomic E-state index is 0.471. The Bertz CT molecular complexity index is 491. The number of rotatable bonds is 2. The van der Waals surface area contributed by atoms with Crippen LogP contribution < -0.4 is 5.73 Å². The molecule has 0 bridgehead atoms. The van der Waals surface area contributed by atoms with Crippen LogP contribution in [0, 0.1) is 0 Å². The van der Waals surface area contributed by atoms with Crippen LogP contribution in [-0.2, 0) is 9.05 Å². The van der Waals surface area contributed by atoms with Gasteiger partial charge in [-0.3, -0.25) is 0 Å². The highest BCUT2D eigenvalue weighted by molar-refractivity contribution is 8.13. The van der Waals surface area contributed by atoms with Crippen molar-refractivity contribution in [1.29, 1.82) is 0 Å². The number of aromatic nitrogens is 1. The van der Waals surface area contributed by atoms with Crippen molar-refractivity contribution in [2.24, 2.45) is 0 Å². The number of anilines is 1. The Kier molecular flexibility index (Phi) is 3.00. The van der Waals surface area contributed by atoms with Gasteiger partial charge in [0.25, 0.3) is 15.5 Å². The fourth-order valence-corrected chi connectivity index (χ4v) is 1.80. The first-order chi connectivity index (χ1) is 6.73. The molecular weight excluding hydrogens is 254 g/mol. The molecular formula is C6H5ClF2N2O3S. The van der Waals surface area contributed by atoms with Gasteiger partial charge in [0.1, 0.15) is 10.6 Å². The zero-order chi connectivity index (χ0) is 11.8. The third-order valence-electron chi connectivity index (χ3n) is 1.49. The van der Waals surface area contributed by atoms with Crippen LogP contribution in [0.2, 0.25) is 0 Å². The molecule has 0 saturated heterocycles.